The smallest absolute Gasteiger partial charge is 0.421 e. The van der Waals surface area contributed by atoms with Crippen molar-refractivity contribution >= 4 is 10.8 Å². The summed E-state index contributed by atoms with van der Waals surface area (Å²) in [5, 5.41) is 10.9. The van der Waals surface area contributed by atoms with Crippen LogP contribution in [0.1, 0.15) is 26.3 Å². The highest BCUT2D eigenvalue weighted by Gasteiger charge is 2.51. The number of benzene rings is 2. The fourth-order valence-corrected chi connectivity index (χ4v) is 2.17. The maximum atomic E-state index is 13.1. The lowest BCUT2D eigenvalue weighted by Crippen LogP contribution is -2.39. The summed E-state index contributed by atoms with van der Waals surface area (Å²) in [5.74, 6) is 0.475. The van der Waals surface area contributed by atoms with E-state index in [0.717, 1.165) is 6.92 Å². The maximum absolute atomic E-state index is 13.1. The van der Waals surface area contributed by atoms with E-state index in [1.807, 2.05) is 13.8 Å². The predicted octanol–water partition coefficient (Wildman–Crippen LogP) is 4.40. The first-order chi connectivity index (χ1) is 9.63. The third kappa shape index (κ3) is 2.97. The molecule has 0 aliphatic heterocycles. The first-order valence-corrected chi connectivity index (χ1v) is 6.62. The molecule has 0 aliphatic carbocycles. The van der Waals surface area contributed by atoms with Crippen LogP contribution >= 0.6 is 0 Å². The lowest BCUT2D eigenvalue weighted by molar-refractivity contribution is -0.258. The molecule has 0 fully saturated rings. The van der Waals surface area contributed by atoms with Gasteiger partial charge in [-0.15, -0.1) is 0 Å². The van der Waals surface area contributed by atoms with E-state index >= 15 is 0 Å². The van der Waals surface area contributed by atoms with Gasteiger partial charge in [0.1, 0.15) is 5.75 Å². The Kier molecular flexibility index (Phi) is 3.89. The van der Waals surface area contributed by atoms with E-state index in [2.05, 4.69) is 0 Å². The average molecular weight is 298 g/mol. The second kappa shape index (κ2) is 5.22. The van der Waals surface area contributed by atoms with E-state index in [-0.39, 0.29) is 11.7 Å². The number of alkyl halides is 3. The number of hydrogen-bond acceptors (Lipinski definition) is 2. The largest absolute Gasteiger partial charge is 0.491 e. The first-order valence-electron chi connectivity index (χ1n) is 6.62. The van der Waals surface area contributed by atoms with Crippen molar-refractivity contribution in [3.63, 3.8) is 0 Å². The molecule has 114 valence electrons. The van der Waals surface area contributed by atoms with E-state index in [1.54, 1.807) is 18.2 Å². The third-order valence-electron chi connectivity index (χ3n) is 3.30. The summed E-state index contributed by atoms with van der Waals surface area (Å²) in [7, 11) is 0. The second-order valence-corrected chi connectivity index (χ2v) is 5.43. The van der Waals surface area contributed by atoms with Gasteiger partial charge in [0.2, 0.25) is 0 Å². The number of fused-ring (bicyclic) bond motifs is 1. The number of rotatable bonds is 3. The van der Waals surface area contributed by atoms with Crippen LogP contribution in [-0.4, -0.2) is 17.4 Å². The lowest BCUT2D eigenvalue weighted by atomic mass is 9.90. The van der Waals surface area contributed by atoms with Crippen LogP contribution in [0.4, 0.5) is 13.2 Å². The van der Waals surface area contributed by atoms with Crippen LogP contribution in [0.15, 0.2) is 36.4 Å². The lowest BCUT2D eigenvalue weighted by Gasteiger charge is -2.28. The quantitative estimate of drug-likeness (QED) is 0.910. The van der Waals surface area contributed by atoms with Gasteiger partial charge in [0.15, 0.2) is 5.60 Å². The van der Waals surface area contributed by atoms with Crippen molar-refractivity contribution in [2.45, 2.75) is 38.7 Å². The Balaban J connectivity index is 2.64. The second-order valence-electron chi connectivity index (χ2n) is 5.43. The minimum atomic E-state index is -4.75. The number of ether oxygens (including phenoxy) is 1. The molecule has 0 spiro atoms. The molecule has 0 saturated carbocycles. The van der Waals surface area contributed by atoms with Gasteiger partial charge < -0.3 is 9.84 Å². The zero-order valence-corrected chi connectivity index (χ0v) is 12.0. The Morgan fingerprint density at radius 1 is 1.10 bits per heavy atom. The van der Waals surface area contributed by atoms with Crippen LogP contribution in [0.25, 0.3) is 10.8 Å². The Morgan fingerprint density at radius 3 is 2.33 bits per heavy atom. The van der Waals surface area contributed by atoms with Gasteiger partial charge in [-0.05, 0) is 43.7 Å². The highest BCUT2D eigenvalue weighted by atomic mass is 19.4. The Hall–Kier alpha value is -1.75. The zero-order valence-electron chi connectivity index (χ0n) is 12.0. The SMILES string of the molecule is CC(C)Oc1ccc2cccc(C(C)(O)C(F)(F)F)c2c1. The van der Waals surface area contributed by atoms with Gasteiger partial charge in [-0.2, -0.15) is 13.2 Å². The number of halogens is 3. The Morgan fingerprint density at radius 2 is 1.76 bits per heavy atom. The molecule has 2 rings (SSSR count). The van der Waals surface area contributed by atoms with Crippen molar-refractivity contribution in [2.75, 3.05) is 0 Å². The molecule has 1 atom stereocenters. The van der Waals surface area contributed by atoms with Crippen molar-refractivity contribution in [2.24, 2.45) is 0 Å². The molecule has 0 amide bonds. The summed E-state index contributed by atoms with van der Waals surface area (Å²) in [5.41, 5.74) is -3.09. The minimum Gasteiger partial charge on any atom is -0.491 e. The van der Waals surface area contributed by atoms with Gasteiger partial charge in [-0.3, -0.25) is 0 Å². The monoisotopic (exact) mass is 298 g/mol. The molecule has 2 aromatic rings. The molecule has 1 N–H and O–H groups in total. The molecule has 0 aromatic heterocycles. The van der Waals surface area contributed by atoms with Gasteiger partial charge >= 0.3 is 6.18 Å². The van der Waals surface area contributed by atoms with Gasteiger partial charge in [0, 0.05) is 5.56 Å². The summed E-state index contributed by atoms with van der Waals surface area (Å²) >= 11 is 0. The van der Waals surface area contributed by atoms with Crippen molar-refractivity contribution in [3.05, 3.63) is 42.0 Å². The van der Waals surface area contributed by atoms with Crippen molar-refractivity contribution in [3.8, 4) is 5.75 Å². The van der Waals surface area contributed by atoms with Gasteiger partial charge in [0.05, 0.1) is 6.10 Å². The summed E-state index contributed by atoms with van der Waals surface area (Å²) < 4.78 is 44.7. The third-order valence-corrected chi connectivity index (χ3v) is 3.30. The molecule has 5 heteroatoms. The zero-order chi connectivity index (χ0) is 15.8. The number of hydrogen-bond donors (Lipinski definition) is 1. The fraction of sp³-hybridized carbons (Fsp3) is 0.375. The van der Waals surface area contributed by atoms with Crippen LogP contribution in [0.2, 0.25) is 0 Å². The van der Waals surface area contributed by atoms with Crippen LogP contribution in [-0.2, 0) is 5.60 Å². The highest BCUT2D eigenvalue weighted by Crippen LogP contribution is 2.41. The molecule has 0 aliphatic rings. The molecule has 1 unspecified atom stereocenters. The van der Waals surface area contributed by atoms with E-state index in [9.17, 15) is 18.3 Å². The average Bonchev–Trinajstić information content (AvgIpc) is 2.35. The Labute approximate surface area is 121 Å². The summed E-state index contributed by atoms with van der Waals surface area (Å²) in [6.45, 7) is 4.43. The van der Waals surface area contributed by atoms with Gasteiger partial charge in [-0.1, -0.05) is 24.3 Å². The van der Waals surface area contributed by atoms with E-state index in [1.165, 1.54) is 18.2 Å². The predicted molar refractivity (Wildman–Crippen MR) is 75.3 cm³/mol. The van der Waals surface area contributed by atoms with Crippen molar-refractivity contribution in [1.82, 2.24) is 0 Å². The van der Waals surface area contributed by atoms with Crippen LogP contribution in [0, 0.1) is 0 Å². The van der Waals surface area contributed by atoms with Crippen molar-refractivity contribution < 1.29 is 23.0 Å². The molecule has 0 bridgehead atoms. The normalized spacial score (nSPS) is 15.2. The first kappa shape index (κ1) is 15.6. The van der Waals surface area contributed by atoms with E-state index < -0.39 is 11.8 Å². The molecule has 2 nitrogen and oxygen atoms in total. The summed E-state index contributed by atoms with van der Waals surface area (Å²) in [6.07, 6.45) is -4.84. The Bertz CT molecular complexity index is 646. The molecule has 0 heterocycles. The molecule has 2 aromatic carbocycles. The van der Waals surface area contributed by atoms with Crippen LogP contribution in [0.5, 0.6) is 5.75 Å². The highest BCUT2D eigenvalue weighted by molar-refractivity contribution is 5.87. The standard InChI is InChI=1S/C16H17F3O2/c1-10(2)21-12-8-7-11-5-4-6-14(13(11)9-12)15(3,20)16(17,18)19/h4-10,20H,1-3H3. The molecule has 0 saturated heterocycles. The molecule has 21 heavy (non-hydrogen) atoms. The summed E-state index contributed by atoms with van der Waals surface area (Å²) in [6, 6.07) is 9.41. The molecular formula is C16H17F3O2. The summed E-state index contributed by atoms with van der Waals surface area (Å²) in [4.78, 5) is 0. The minimum absolute atomic E-state index is 0.0854. The maximum Gasteiger partial charge on any atom is 0.421 e. The van der Waals surface area contributed by atoms with Crippen molar-refractivity contribution in [1.29, 1.82) is 0 Å². The van der Waals surface area contributed by atoms with Crippen LogP contribution < -0.4 is 4.74 Å². The fourth-order valence-electron chi connectivity index (χ4n) is 2.17. The topological polar surface area (TPSA) is 29.5 Å². The van der Waals surface area contributed by atoms with E-state index in [0.29, 0.717) is 16.5 Å². The molecular weight excluding hydrogens is 281 g/mol. The van der Waals surface area contributed by atoms with Gasteiger partial charge in [0.25, 0.3) is 0 Å². The van der Waals surface area contributed by atoms with Gasteiger partial charge in [-0.25, -0.2) is 0 Å². The number of aliphatic hydroxyl groups is 1. The van der Waals surface area contributed by atoms with Crippen LogP contribution in [0.3, 0.4) is 0 Å². The molecule has 0 radical (unpaired) electrons. The van der Waals surface area contributed by atoms with E-state index in [4.69, 9.17) is 4.74 Å².